The van der Waals surface area contributed by atoms with Crippen LogP contribution in [0.3, 0.4) is 0 Å². The summed E-state index contributed by atoms with van der Waals surface area (Å²) in [5, 5.41) is 50.3. The third-order valence-corrected chi connectivity index (χ3v) is 7.38. The number of nitrogens with zero attached hydrogens (tertiary/aromatic N) is 1. The number of benzene rings is 1. The number of hydrogen-bond acceptors (Lipinski definition) is 9. The lowest BCUT2D eigenvalue weighted by molar-refractivity contribution is -0.262. The standard InChI is InChI=1S/C16H22Br2NO10P/c1-2-28-30(26,27)16(8-3-7(17)4-9(18)11(8)22)19(6-21)15-14(25)13(24)12(23)10(5-20)29-15/h3-4,6,10,12-16,20,22-25H,2,5H2,1H3,(H,26,27)/t10-,12-,13+,14-,15?,16?/m1/s1. The van der Waals surface area contributed by atoms with E-state index >= 15 is 0 Å². The fraction of sp³-hybridized carbons (Fsp3) is 0.562. The number of carbonyl (C=O) groups is 1. The number of aromatic hydroxyl groups is 1. The highest BCUT2D eigenvalue weighted by atomic mass is 79.9. The molecule has 0 radical (unpaired) electrons. The third kappa shape index (κ3) is 5.07. The van der Waals surface area contributed by atoms with E-state index in [1.54, 1.807) is 0 Å². The lowest BCUT2D eigenvalue weighted by Gasteiger charge is -2.45. The highest BCUT2D eigenvalue weighted by Gasteiger charge is 2.51. The van der Waals surface area contributed by atoms with Gasteiger partial charge in [-0.25, -0.2) is 0 Å². The van der Waals surface area contributed by atoms with Crippen molar-refractivity contribution in [2.24, 2.45) is 0 Å². The minimum Gasteiger partial charge on any atom is -0.506 e. The maximum Gasteiger partial charge on any atom is 0.355 e. The van der Waals surface area contributed by atoms with E-state index in [9.17, 15) is 39.8 Å². The van der Waals surface area contributed by atoms with Crippen molar-refractivity contribution in [3.05, 3.63) is 26.6 Å². The molecule has 1 aromatic rings. The molecule has 3 unspecified atom stereocenters. The summed E-state index contributed by atoms with van der Waals surface area (Å²) in [6, 6.07) is 2.73. The van der Waals surface area contributed by atoms with E-state index in [1.807, 2.05) is 0 Å². The quantitative estimate of drug-likeness (QED) is 0.187. The number of phenols is 1. The molecular weight excluding hydrogens is 557 g/mol. The molecule has 0 saturated carbocycles. The summed E-state index contributed by atoms with van der Waals surface area (Å²) in [7, 11) is -4.72. The first-order valence-electron chi connectivity index (χ1n) is 8.68. The Bertz CT molecular complexity index is 812. The Morgan fingerprint density at radius 2 is 1.90 bits per heavy atom. The number of rotatable bonds is 8. The van der Waals surface area contributed by atoms with Crippen molar-refractivity contribution < 1.29 is 49.0 Å². The first-order valence-corrected chi connectivity index (χ1v) is 11.9. The normalized spacial score (nSPS) is 29.8. The summed E-state index contributed by atoms with van der Waals surface area (Å²) in [4.78, 5) is 23.2. The fourth-order valence-electron chi connectivity index (χ4n) is 3.13. The van der Waals surface area contributed by atoms with Crippen molar-refractivity contribution in [2.45, 2.75) is 43.4 Å². The molecule has 7 atom stereocenters. The van der Waals surface area contributed by atoms with Crippen molar-refractivity contribution in [1.82, 2.24) is 4.90 Å². The molecule has 170 valence electrons. The van der Waals surface area contributed by atoms with Gasteiger partial charge in [0.25, 0.3) is 0 Å². The number of aliphatic hydroxyl groups is 4. The molecule has 1 heterocycles. The number of ether oxygens (including phenoxy) is 1. The first-order chi connectivity index (χ1) is 14.0. The predicted octanol–water partition coefficient (Wildman–Crippen LogP) is 0.396. The van der Waals surface area contributed by atoms with Gasteiger partial charge in [0, 0.05) is 10.0 Å². The molecule has 0 bridgehead atoms. The van der Waals surface area contributed by atoms with Gasteiger partial charge < -0.3 is 39.7 Å². The summed E-state index contributed by atoms with van der Waals surface area (Å²) >= 11 is 6.29. The second-order valence-corrected chi connectivity index (χ2v) is 10.1. The minimum absolute atomic E-state index is 0.0769. The van der Waals surface area contributed by atoms with Gasteiger partial charge in [-0.05, 0) is 35.0 Å². The number of phenolic OH excluding ortho intramolecular Hbond substituents is 1. The van der Waals surface area contributed by atoms with Gasteiger partial charge in [-0.3, -0.25) is 14.3 Å². The van der Waals surface area contributed by atoms with Gasteiger partial charge >= 0.3 is 7.60 Å². The molecular formula is C16H22Br2NO10P. The summed E-state index contributed by atoms with van der Waals surface area (Å²) in [5.41, 5.74) is -0.223. The second-order valence-electron chi connectivity index (χ2n) is 6.45. The van der Waals surface area contributed by atoms with Gasteiger partial charge in [-0.2, -0.15) is 0 Å². The monoisotopic (exact) mass is 577 g/mol. The van der Waals surface area contributed by atoms with Crippen LogP contribution in [0, 0.1) is 0 Å². The van der Waals surface area contributed by atoms with E-state index in [4.69, 9.17) is 9.26 Å². The van der Waals surface area contributed by atoms with Crippen LogP contribution in [-0.2, 0) is 18.6 Å². The average molecular weight is 579 g/mol. The molecule has 1 aliphatic rings. The molecule has 11 nitrogen and oxygen atoms in total. The zero-order chi connectivity index (χ0) is 22.8. The van der Waals surface area contributed by atoms with Crippen LogP contribution >= 0.6 is 39.5 Å². The minimum atomic E-state index is -4.72. The summed E-state index contributed by atoms with van der Waals surface area (Å²) in [6.45, 7) is 0.450. The maximum atomic E-state index is 13.0. The van der Waals surface area contributed by atoms with Gasteiger partial charge in [-0.1, -0.05) is 15.9 Å². The Morgan fingerprint density at radius 1 is 1.27 bits per heavy atom. The molecule has 14 heteroatoms. The van der Waals surface area contributed by atoms with Crippen molar-refractivity contribution in [3.8, 4) is 5.75 Å². The maximum absolute atomic E-state index is 13.0. The number of hydrogen-bond donors (Lipinski definition) is 6. The Labute approximate surface area is 188 Å². The van der Waals surface area contributed by atoms with Crippen LogP contribution in [-0.4, -0.2) is 85.6 Å². The van der Waals surface area contributed by atoms with E-state index in [0.717, 1.165) is 0 Å². The molecule has 0 spiro atoms. The number of aliphatic hydroxyl groups excluding tert-OH is 4. The van der Waals surface area contributed by atoms with Crippen molar-refractivity contribution in [3.63, 3.8) is 0 Å². The van der Waals surface area contributed by atoms with Crippen LogP contribution in [0.25, 0.3) is 0 Å². The summed E-state index contributed by atoms with van der Waals surface area (Å²) in [5.74, 6) is -2.35. The lowest BCUT2D eigenvalue weighted by atomic mass is 9.97. The fourth-order valence-corrected chi connectivity index (χ4v) is 5.97. The Kier molecular flexibility index (Phi) is 8.85. The van der Waals surface area contributed by atoms with Crippen LogP contribution < -0.4 is 0 Å². The topological polar surface area (TPSA) is 177 Å². The molecule has 1 fully saturated rings. The van der Waals surface area contributed by atoms with Gasteiger partial charge in [0.15, 0.2) is 12.0 Å². The van der Waals surface area contributed by atoms with Crippen molar-refractivity contribution >= 4 is 45.9 Å². The number of amides is 1. The summed E-state index contributed by atoms with van der Waals surface area (Å²) in [6.07, 6.45) is -8.50. The number of carbonyl (C=O) groups excluding carboxylic acids is 1. The van der Waals surface area contributed by atoms with Gasteiger partial charge in [0.1, 0.15) is 30.2 Å². The molecule has 1 amide bonds. The Hall–Kier alpha value is -0.600. The van der Waals surface area contributed by atoms with Gasteiger partial charge in [0.2, 0.25) is 6.41 Å². The van der Waals surface area contributed by atoms with E-state index < -0.39 is 56.4 Å². The third-order valence-electron chi connectivity index (χ3n) is 4.52. The van der Waals surface area contributed by atoms with E-state index in [2.05, 4.69) is 31.9 Å². The van der Waals surface area contributed by atoms with Gasteiger partial charge in [0.05, 0.1) is 17.7 Å². The molecule has 1 aromatic carbocycles. The highest BCUT2D eigenvalue weighted by Crippen LogP contribution is 2.60. The Balaban J connectivity index is 2.65. The van der Waals surface area contributed by atoms with Crippen LogP contribution in [0.15, 0.2) is 21.1 Å². The smallest absolute Gasteiger partial charge is 0.355 e. The molecule has 6 N–H and O–H groups in total. The Morgan fingerprint density at radius 3 is 2.43 bits per heavy atom. The van der Waals surface area contributed by atoms with Gasteiger partial charge in [-0.15, -0.1) is 0 Å². The van der Waals surface area contributed by atoms with E-state index in [1.165, 1.54) is 19.1 Å². The summed E-state index contributed by atoms with van der Waals surface area (Å²) < 4.78 is 23.9. The van der Waals surface area contributed by atoms with Crippen LogP contribution in [0.1, 0.15) is 18.3 Å². The molecule has 2 rings (SSSR count). The first kappa shape index (κ1) is 25.7. The SMILES string of the molecule is CCOP(=O)(O)C(c1cc(Br)cc(Br)c1O)N(C=O)C1O[C@H](CO)[C@@H](O)[C@H](O)[C@H]1O. The zero-order valence-electron chi connectivity index (χ0n) is 15.6. The van der Waals surface area contributed by atoms with Crippen molar-refractivity contribution in [1.29, 1.82) is 0 Å². The predicted molar refractivity (Wildman–Crippen MR) is 109 cm³/mol. The molecule has 1 aliphatic heterocycles. The van der Waals surface area contributed by atoms with Crippen molar-refractivity contribution in [2.75, 3.05) is 13.2 Å². The number of halogens is 2. The molecule has 0 aliphatic carbocycles. The van der Waals surface area contributed by atoms with Crippen LogP contribution in [0.4, 0.5) is 0 Å². The average Bonchev–Trinajstić information content (AvgIpc) is 2.68. The highest BCUT2D eigenvalue weighted by molar-refractivity contribution is 9.11. The second kappa shape index (κ2) is 10.3. The van der Waals surface area contributed by atoms with Crippen LogP contribution in [0.5, 0.6) is 5.75 Å². The largest absolute Gasteiger partial charge is 0.506 e. The van der Waals surface area contributed by atoms with E-state index in [0.29, 0.717) is 9.37 Å². The lowest BCUT2D eigenvalue weighted by Crippen LogP contribution is -2.63. The van der Waals surface area contributed by atoms with E-state index in [-0.39, 0.29) is 23.1 Å². The zero-order valence-corrected chi connectivity index (χ0v) is 19.6. The van der Waals surface area contributed by atoms with Crippen LogP contribution in [0.2, 0.25) is 0 Å². The molecule has 1 saturated heterocycles. The molecule has 30 heavy (non-hydrogen) atoms. The molecule has 0 aromatic heterocycles.